The van der Waals surface area contributed by atoms with Gasteiger partial charge >= 0.3 is 0 Å². The molecule has 4 aromatic rings. The van der Waals surface area contributed by atoms with Crippen LogP contribution in [0.5, 0.6) is 0 Å². The maximum atomic E-state index is 8.88. The number of thioether (sulfide) groups is 2. The predicted octanol–water partition coefficient (Wildman–Crippen LogP) is 8.99. The summed E-state index contributed by atoms with van der Waals surface area (Å²) in [6.07, 6.45) is 7.27. The smallest absolute Gasteiger partial charge is 0.0991 e. The molecule has 0 radical (unpaired) electrons. The van der Waals surface area contributed by atoms with Crippen molar-refractivity contribution in [2.45, 2.75) is 29.1 Å². The maximum absolute atomic E-state index is 8.88. The van der Waals surface area contributed by atoms with Crippen molar-refractivity contribution in [3.05, 3.63) is 119 Å². The second-order valence-electron chi connectivity index (χ2n) is 8.73. The van der Waals surface area contributed by atoms with Crippen molar-refractivity contribution in [3.63, 3.8) is 0 Å². The number of hydrogen-bond acceptors (Lipinski definition) is 6. The molecule has 192 valence electrons. The standard InChI is InChI=1S/C33H28N4S2/c34-22-26-4-8-28(9-5-26)24-36-30-12-16-32(17-13-30)38-20-2-1-3-21-39-33-18-14-31(15-19-33)37-25-29-10-6-27(23-35)7-11-29/h4-19,24-25H,1-3,20-21H2. The van der Waals surface area contributed by atoms with Gasteiger partial charge < -0.3 is 0 Å². The Kier molecular flexibility index (Phi) is 11.0. The van der Waals surface area contributed by atoms with E-state index in [0.717, 1.165) is 34.0 Å². The number of rotatable bonds is 12. The van der Waals surface area contributed by atoms with Crippen LogP contribution in [0.15, 0.2) is 117 Å². The van der Waals surface area contributed by atoms with Crippen molar-refractivity contribution in [2.24, 2.45) is 9.98 Å². The Hall–Kier alpha value is -4.10. The van der Waals surface area contributed by atoms with Crippen molar-refractivity contribution in [2.75, 3.05) is 11.5 Å². The van der Waals surface area contributed by atoms with Crippen molar-refractivity contribution in [1.29, 1.82) is 10.5 Å². The van der Waals surface area contributed by atoms with Crippen molar-refractivity contribution in [1.82, 2.24) is 0 Å². The summed E-state index contributed by atoms with van der Waals surface area (Å²) in [5.74, 6) is 2.23. The number of nitrogens with zero attached hydrogens (tertiary/aromatic N) is 4. The summed E-state index contributed by atoms with van der Waals surface area (Å²) in [6, 6.07) is 35.8. The highest BCUT2D eigenvalue weighted by atomic mass is 32.2. The van der Waals surface area contributed by atoms with Crippen LogP contribution in [0.4, 0.5) is 11.4 Å². The zero-order valence-corrected chi connectivity index (χ0v) is 23.2. The summed E-state index contributed by atoms with van der Waals surface area (Å²) in [7, 11) is 0. The Morgan fingerprint density at radius 3 is 1.26 bits per heavy atom. The van der Waals surface area contributed by atoms with Gasteiger partial charge in [0.1, 0.15) is 0 Å². The molecule has 4 nitrogen and oxygen atoms in total. The highest BCUT2D eigenvalue weighted by Gasteiger charge is 1.99. The van der Waals surface area contributed by atoms with Crippen LogP contribution >= 0.6 is 23.5 Å². The first-order valence-electron chi connectivity index (χ1n) is 12.8. The third-order valence-corrected chi connectivity index (χ3v) is 8.00. The number of benzene rings is 4. The maximum Gasteiger partial charge on any atom is 0.0991 e. The number of aliphatic imine (C=N–C) groups is 2. The number of nitriles is 2. The van der Waals surface area contributed by atoms with Crippen LogP contribution in [0.1, 0.15) is 41.5 Å². The van der Waals surface area contributed by atoms with Gasteiger partial charge in [-0.1, -0.05) is 30.7 Å². The van der Waals surface area contributed by atoms with E-state index in [2.05, 4.69) is 46.4 Å². The van der Waals surface area contributed by atoms with Crippen LogP contribution in [-0.4, -0.2) is 23.9 Å². The van der Waals surface area contributed by atoms with E-state index in [1.54, 1.807) is 24.3 Å². The lowest BCUT2D eigenvalue weighted by Gasteiger charge is -2.04. The van der Waals surface area contributed by atoms with Crippen LogP contribution in [0, 0.1) is 22.7 Å². The monoisotopic (exact) mass is 544 g/mol. The van der Waals surface area contributed by atoms with E-state index in [1.165, 1.54) is 29.1 Å². The second-order valence-corrected chi connectivity index (χ2v) is 11.1. The first-order chi connectivity index (χ1) is 19.2. The zero-order chi connectivity index (χ0) is 27.1. The topological polar surface area (TPSA) is 72.3 Å². The summed E-state index contributed by atoms with van der Waals surface area (Å²) in [5, 5.41) is 17.8. The van der Waals surface area contributed by atoms with Gasteiger partial charge in [0.05, 0.1) is 34.6 Å². The van der Waals surface area contributed by atoms with Gasteiger partial charge in [0.25, 0.3) is 0 Å². The molecule has 0 amide bonds. The van der Waals surface area contributed by atoms with Crippen molar-refractivity contribution in [3.8, 4) is 12.1 Å². The van der Waals surface area contributed by atoms with E-state index in [4.69, 9.17) is 10.5 Å². The Labute approximate surface area is 239 Å². The molecular formula is C33H28N4S2. The molecule has 0 N–H and O–H groups in total. The SMILES string of the molecule is N#Cc1ccc(C=Nc2ccc(SCCCCCSc3ccc(N=Cc4ccc(C#N)cc4)cc3)cc2)cc1. The average Bonchev–Trinajstić information content (AvgIpc) is 3.00. The molecule has 0 fully saturated rings. The van der Waals surface area contributed by atoms with Gasteiger partial charge in [-0.2, -0.15) is 10.5 Å². The first-order valence-corrected chi connectivity index (χ1v) is 14.7. The fourth-order valence-corrected chi connectivity index (χ4v) is 5.43. The molecule has 0 bridgehead atoms. The fraction of sp³-hybridized carbons (Fsp3) is 0.152. The summed E-state index contributed by atoms with van der Waals surface area (Å²) >= 11 is 3.78. The van der Waals surface area contributed by atoms with Gasteiger partial charge in [-0.15, -0.1) is 23.5 Å². The molecule has 4 aromatic carbocycles. The molecule has 0 unspecified atom stereocenters. The molecule has 39 heavy (non-hydrogen) atoms. The summed E-state index contributed by atoms with van der Waals surface area (Å²) in [6.45, 7) is 0. The van der Waals surface area contributed by atoms with Gasteiger partial charge in [-0.05, 0) is 108 Å². The Bertz CT molecular complexity index is 1350. The normalized spacial score (nSPS) is 11.0. The molecule has 0 aliphatic heterocycles. The number of unbranched alkanes of at least 4 members (excludes halogenated alkanes) is 2. The van der Waals surface area contributed by atoms with Gasteiger partial charge in [0, 0.05) is 22.2 Å². The molecule has 0 heterocycles. The second kappa shape index (κ2) is 15.3. The molecule has 6 heteroatoms. The molecule has 0 aromatic heterocycles. The fourth-order valence-electron chi connectivity index (χ4n) is 3.60. The molecule has 0 saturated carbocycles. The molecule has 0 spiro atoms. The van der Waals surface area contributed by atoms with E-state index in [9.17, 15) is 0 Å². The van der Waals surface area contributed by atoms with Gasteiger partial charge in [-0.25, -0.2) is 0 Å². The quantitative estimate of drug-likeness (QED) is 0.101. The minimum atomic E-state index is 0.654. The predicted molar refractivity (Wildman–Crippen MR) is 165 cm³/mol. The van der Waals surface area contributed by atoms with E-state index in [1.807, 2.05) is 84.5 Å². The lowest BCUT2D eigenvalue weighted by molar-refractivity contribution is 0.785. The van der Waals surface area contributed by atoms with Crippen molar-refractivity contribution >= 4 is 47.3 Å². The average molecular weight is 545 g/mol. The van der Waals surface area contributed by atoms with Crippen LogP contribution in [0.3, 0.4) is 0 Å². The minimum absolute atomic E-state index is 0.654. The summed E-state index contributed by atoms with van der Waals surface area (Å²) < 4.78 is 0. The Morgan fingerprint density at radius 2 is 0.897 bits per heavy atom. The van der Waals surface area contributed by atoms with E-state index < -0.39 is 0 Å². The third-order valence-electron chi connectivity index (χ3n) is 5.80. The highest BCUT2D eigenvalue weighted by Crippen LogP contribution is 2.25. The van der Waals surface area contributed by atoms with Crippen molar-refractivity contribution < 1.29 is 0 Å². The lowest BCUT2D eigenvalue weighted by Crippen LogP contribution is -1.85. The van der Waals surface area contributed by atoms with Crippen LogP contribution in [0.25, 0.3) is 0 Å². The van der Waals surface area contributed by atoms with Gasteiger partial charge in [0.15, 0.2) is 0 Å². The summed E-state index contributed by atoms with van der Waals surface area (Å²) in [4.78, 5) is 11.6. The van der Waals surface area contributed by atoms with E-state index in [0.29, 0.717) is 11.1 Å². The molecule has 0 aliphatic carbocycles. The molecule has 0 atom stereocenters. The highest BCUT2D eigenvalue weighted by molar-refractivity contribution is 7.99. The van der Waals surface area contributed by atoms with E-state index >= 15 is 0 Å². The molecule has 0 saturated heterocycles. The van der Waals surface area contributed by atoms with E-state index in [-0.39, 0.29) is 0 Å². The lowest BCUT2D eigenvalue weighted by atomic mass is 10.2. The van der Waals surface area contributed by atoms with Gasteiger partial charge in [-0.3, -0.25) is 9.98 Å². The zero-order valence-electron chi connectivity index (χ0n) is 21.5. The summed E-state index contributed by atoms with van der Waals surface area (Å²) in [5.41, 5.74) is 5.11. The molecule has 4 rings (SSSR count). The van der Waals surface area contributed by atoms with Crippen LogP contribution < -0.4 is 0 Å². The molecule has 0 aliphatic rings. The minimum Gasteiger partial charge on any atom is -0.256 e. The number of hydrogen-bond donors (Lipinski definition) is 0. The Morgan fingerprint density at radius 1 is 0.513 bits per heavy atom. The first kappa shape index (κ1) is 27.9. The van der Waals surface area contributed by atoms with Crippen LogP contribution in [0.2, 0.25) is 0 Å². The third kappa shape index (κ3) is 9.61. The Balaban J connectivity index is 1.09. The largest absolute Gasteiger partial charge is 0.256 e. The van der Waals surface area contributed by atoms with Gasteiger partial charge in [0.2, 0.25) is 0 Å². The molecular weight excluding hydrogens is 517 g/mol. The van der Waals surface area contributed by atoms with Crippen LogP contribution in [-0.2, 0) is 0 Å².